The van der Waals surface area contributed by atoms with E-state index in [0.717, 1.165) is 4.47 Å². The van der Waals surface area contributed by atoms with Gasteiger partial charge < -0.3 is 10.6 Å². The summed E-state index contributed by atoms with van der Waals surface area (Å²) >= 11 is 3.25. The first-order chi connectivity index (χ1) is 9.56. The molecule has 2 rings (SSSR count). The molecule has 0 heterocycles. The maximum absolute atomic E-state index is 13.3. The van der Waals surface area contributed by atoms with Crippen molar-refractivity contribution in [2.24, 2.45) is 0 Å². The third kappa shape index (κ3) is 3.64. The summed E-state index contributed by atoms with van der Waals surface area (Å²) in [7, 11) is 0. The maximum Gasteiger partial charge on any atom is 0.314 e. The monoisotopic (exact) mass is 336 g/mol. The van der Waals surface area contributed by atoms with E-state index in [2.05, 4.69) is 26.6 Å². The first kappa shape index (κ1) is 14.2. The summed E-state index contributed by atoms with van der Waals surface area (Å²) in [5.41, 5.74) is 0.426. The highest BCUT2D eigenvalue weighted by Gasteiger charge is 2.15. The Bertz CT molecular complexity index is 661. The van der Waals surface area contributed by atoms with Gasteiger partial charge in [-0.15, -0.1) is 0 Å². The molecule has 0 unspecified atom stereocenters. The second kappa shape index (κ2) is 6.29. The summed E-state index contributed by atoms with van der Waals surface area (Å²) in [4.78, 5) is 23.3. The van der Waals surface area contributed by atoms with Gasteiger partial charge in [0.1, 0.15) is 5.82 Å². The fourth-order valence-electron chi connectivity index (χ4n) is 1.50. The van der Waals surface area contributed by atoms with Crippen LogP contribution in [0.25, 0.3) is 0 Å². The number of amides is 2. The SMILES string of the molecule is O=C(Nc1cccc(Br)c1)C(=O)Nc1ccccc1F. The molecule has 0 fully saturated rings. The van der Waals surface area contributed by atoms with Crippen molar-refractivity contribution >= 4 is 39.1 Å². The summed E-state index contributed by atoms with van der Waals surface area (Å²) in [5.74, 6) is -2.41. The molecule has 0 saturated carbocycles. The fourth-order valence-corrected chi connectivity index (χ4v) is 1.89. The molecule has 0 spiro atoms. The lowest BCUT2D eigenvalue weighted by atomic mass is 10.3. The highest BCUT2D eigenvalue weighted by atomic mass is 79.9. The van der Waals surface area contributed by atoms with Crippen LogP contribution in [0.15, 0.2) is 53.0 Å². The van der Waals surface area contributed by atoms with Crippen LogP contribution in [-0.2, 0) is 9.59 Å². The second-order valence-corrected chi connectivity index (χ2v) is 4.81. The Kier molecular flexibility index (Phi) is 4.47. The number of hydrogen-bond acceptors (Lipinski definition) is 2. The molecule has 0 bridgehead atoms. The van der Waals surface area contributed by atoms with Gasteiger partial charge in [0.2, 0.25) is 0 Å². The smallest absolute Gasteiger partial charge is 0.314 e. The van der Waals surface area contributed by atoms with Crippen molar-refractivity contribution in [1.82, 2.24) is 0 Å². The minimum absolute atomic E-state index is 0.0399. The van der Waals surface area contributed by atoms with E-state index < -0.39 is 17.6 Å². The van der Waals surface area contributed by atoms with Crippen molar-refractivity contribution < 1.29 is 14.0 Å². The number of para-hydroxylation sites is 1. The van der Waals surface area contributed by atoms with E-state index in [4.69, 9.17) is 0 Å². The number of carbonyl (C=O) groups is 2. The average molecular weight is 337 g/mol. The van der Waals surface area contributed by atoms with Gasteiger partial charge in [-0.25, -0.2) is 4.39 Å². The summed E-state index contributed by atoms with van der Waals surface area (Å²) in [6, 6.07) is 12.4. The Labute approximate surface area is 123 Å². The summed E-state index contributed by atoms with van der Waals surface area (Å²) in [6.45, 7) is 0. The minimum Gasteiger partial charge on any atom is -0.318 e. The van der Waals surface area contributed by atoms with Gasteiger partial charge in [0.25, 0.3) is 0 Å². The number of anilines is 2. The summed E-state index contributed by atoms with van der Waals surface area (Å²) in [5, 5.41) is 4.63. The Morgan fingerprint density at radius 2 is 1.65 bits per heavy atom. The Hall–Kier alpha value is -2.21. The normalized spacial score (nSPS) is 9.90. The van der Waals surface area contributed by atoms with Gasteiger partial charge in [-0.3, -0.25) is 9.59 Å². The van der Waals surface area contributed by atoms with Crippen molar-refractivity contribution in [3.8, 4) is 0 Å². The molecule has 2 aromatic carbocycles. The molecule has 0 radical (unpaired) electrons. The van der Waals surface area contributed by atoms with E-state index in [1.807, 2.05) is 0 Å². The maximum atomic E-state index is 13.3. The molecule has 102 valence electrons. The van der Waals surface area contributed by atoms with E-state index >= 15 is 0 Å². The van der Waals surface area contributed by atoms with Gasteiger partial charge >= 0.3 is 11.8 Å². The van der Waals surface area contributed by atoms with Crippen LogP contribution in [0.1, 0.15) is 0 Å². The highest BCUT2D eigenvalue weighted by molar-refractivity contribution is 9.10. The van der Waals surface area contributed by atoms with Crippen LogP contribution in [-0.4, -0.2) is 11.8 Å². The van der Waals surface area contributed by atoms with Gasteiger partial charge in [-0.1, -0.05) is 34.1 Å². The predicted octanol–water partition coefficient (Wildman–Crippen LogP) is 3.17. The topological polar surface area (TPSA) is 58.2 Å². The van der Waals surface area contributed by atoms with E-state index in [9.17, 15) is 14.0 Å². The number of nitrogens with one attached hydrogen (secondary N) is 2. The average Bonchev–Trinajstić information content (AvgIpc) is 2.41. The predicted molar refractivity (Wildman–Crippen MR) is 77.8 cm³/mol. The molecule has 4 nitrogen and oxygen atoms in total. The molecular weight excluding hydrogens is 327 g/mol. The van der Waals surface area contributed by atoms with E-state index in [0.29, 0.717) is 5.69 Å². The number of halogens is 2. The van der Waals surface area contributed by atoms with Gasteiger partial charge in [0, 0.05) is 10.2 Å². The third-order valence-corrected chi connectivity index (χ3v) is 2.90. The molecule has 2 N–H and O–H groups in total. The molecule has 0 aliphatic rings. The van der Waals surface area contributed by atoms with E-state index in [1.54, 1.807) is 30.3 Å². The number of benzene rings is 2. The lowest BCUT2D eigenvalue weighted by molar-refractivity contribution is -0.133. The lowest BCUT2D eigenvalue weighted by Crippen LogP contribution is -2.29. The van der Waals surface area contributed by atoms with Crippen LogP contribution >= 0.6 is 15.9 Å². The summed E-state index contributed by atoms with van der Waals surface area (Å²) in [6.07, 6.45) is 0. The van der Waals surface area contributed by atoms with Crippen LogP contribution in [0, 0.1) is 5.82 Å². The zero-order chi connectivity index (χ0) is 14.5. The molecule has 2 amide bonds. The van der Waals surface area contributed by atoms with E-state index in [-0.39, 0.29) is 5.69 Å². The quantitative estimate of drug-likeness (QED) is 0.827. The molecule has 0 aromatic heterocycles. The molecule has 6 heteroatoms. The number of carbonyl (C=O) groups excluding carboxylic acids is 2. The van der Waals surface area contributed by atoms with Crippen LogP contribution in [0.5, 0.6) is 0 Å². The van der Waals surface area contributed by atoms with Crippen LogP contribution in [0.4, 0.5) is 15.8 Å². The van der Waals surface area contributed by atoms with Gasteiger partial charge in [0.15, 0.2) is 0 Å². The molecule has 20 heavy (non-hydrogen) atoms. The van der Waals surface area contributed by atoms with Crippen LogP contribution < -0.4 is 10.6 Å². The molecule has 2 aromatic rings. The summed E-state index contributed by atoms with van der Waals surface area (Å²) < 4.78 is 14.1. The highest BCUT2D eigenvalue weighted by Crippen LogP contribution is 2.16. The van der Waals surface area contributed by atoms with Gasteiger partial charge in [-0.05, 0) is 30.3 Å². The minimum atomic E-state index is -0.935. The zero-order valence-electron chi connectivity index (χ0n) is 10.2. The van der Waals surface area contributed by atoms with Crippen molar-refractivity contribution in [2.75, 3.05) is 10.6 Å². The third-order valence-electron chi connectivity index (χ3n) is 2.41. The largest absolute Gasteiger partial charge is 0.318 e. The fraction of sp³-hybridized carbons (Fsp3) is 0. The molecule has 0 atom stereocenters. The van der Waals surface area contributed by atoms with Crippen molar-refractivity contribution in [2.45, 2.75) is 0 Å². The zero-order valence-corrected chi connectivity index (χ0v) is 11.8. The van der Waals surface area contributed by atoms with Gasteiger partial charge in [-0.2, -0.15) is 0 Å². The van der Waals surface area contributed by atoms with Crippen molar-refractivity contribution in [1.29, 1.82) is 0 Å². The van der Waals surface area contributed by atoms with Gasteiger partial charge in [0.05, 0.1) is 5.69 Å². The van der Waals surface area contributed by atoms with Crippen molar-refractivity contribution in [3.05, 3.63) is 58.8 Å². The molecule has 0 aliphatic heterocycles. The Morgan fingerprint density at radius 3 is 2.35 bits per heavy atom. The first-order valence-electron chi connectivity index (χ1n) is 5.68. The first-order valence-corrected chi connectivity index (χ1v) is 6.48. The number of hydrogen-bond donors (Lipinski definition) is 2. The van der Waals surface area contributed by atoms with Crippen LogP contribution in [0.2, 0.25) is 0 Å². The molecular formula is C14H10BrFN2O2. The second-order valence-electron chi connectivity index (χ2n) is 3.90. The van der Waals surface area contributed by atoms with Crippen molar-refractivity contribution in [3.63, 3.8) is 0 Å². The van der Waals surface area contributed by atoms with E-state index in [1.165, 1.54) is 18.2 Å². The molecule has 0 saturated heterocycles. The number of rotatable bonds is 2. The Morgan fingerprint density at radius 1 is 0.950 bits per heavy atom. The molecule has 0 aliphatic carbocycles. The Balaban J connectivity index is 2.03. The van der Waals surface area contributed by atoms with Crippen LogP contribution in [0.3, 0.4) is 0 Å². The lowest BCUT2D eigenvalue weighted by Gasteiger charge is -2.07. The standard InChI is InChI=1S/C14H10BrFN2O2/c15-9-4-3-5-10(8-9)17-13(19)14(20)18-12-7-2-1-6-11(12)16/h1-8H,(H,17,19)(H,18,20).